The van der Waals surface area contributed by atoms with Crippen LogP contribution in [0.25, 0.3) is 44.3 Å². The molecule has 26 heavy (non-hydrogen) atoms. The molecule has 0 saturated heterocycles. The molecule has 3 heteroatoms. The van der Waals surface area contributed by atoms with Gasteiger partial charge in [-0.05, 0) is 30.3 Å². The average Bonchev–Trinajstić information content (AvgIpc) is 3.01. The van der Waals surface area contributed by atoms with Crippen molar-refractivity contribution in [1.82, 2.24) is 9.77 Å². The first-order chi connectivity index (χ1) is 12.8. The molecule has 0 saturated carbocycles. The minimum absolute atomic E-state index is 0.578. The number of hydrogen-bond donors (Lipinski definition) is 0. The van der Waals surface area contributed by atoms with Crippen LogP contribution in [0, 0.1) is 0 Å². The van der Waals surface area contributed by atoms with E-state index in [1.807, 2.05) is 84.9 Å². The predicted octanol–water partition coefficient (Wildman–Crippen LogP) is 6.26. The second kappa shape index (κ2) is 5.81. The number of fused-ring (bicyclic) bond motifs is 3. The van der Waals surface area contributed by atoms with Crippen LogP contribution in [-0.2, 0) is 0 Å². The van der Waals surface area contributed by atoms with Crippen LogP contribution < -0.4 is 0 Å². The Labute approximate surface area is 150 Å². The van der Waals surface area contributed by atoms with Crippen molar-refractivity contribution in [3.63, 3.8) is 0 Å². The van der Waals surface area contributed by atoms with Gasteiger partial charge in [0.15, 0.2) is 0 Å². The van der Waals surface area contributed by atoms with E-state index in [2.05, 4.69) is 0 Å². The van der Waals surface area contributed by atoms with Crippen LogP contribution in [0.1, 0.15) is 0 Å². The molecular formula is C23H15FN2. The average molecular weight is 338 g/mol. The van der Waals surface area contributed by atoms with Gasteiger partial charge in [0, 0.05) is 21.9 Å². The third-order valence-corrected chi connectivity index (χ3v) is 4.73. The first-order valence-corrected chi connectivity index (χ1v) is 8.53. The molecular weight excluding hydrogens is 323 g/mol. The Balaban J connectivity index is 1.69. The number of halogens is 1. The lowest BCUT2D eigenvalue weighted by molar-refractivity contribution is 0.405. The van der Waals surface area contributed by atoms with Crippen molar-refractivity contribution in [2.24, 2.45) is 0 Å². The Kier molecular flexibility index (Phi) is 3.32. The Hall–Kier alpha value is -3.46. The standard InChI is InChI=1S/C23H15FN2/c24-26-22-12-5-4-9-18(22)19-15-17(13-14-23(19)26)21-11-6-10-20(25-21)16-7-2-1-3-8-16/h1-15H. The predicted molar refractivity (Wildman–Crippen MR) is 105 cm³/mol. The maximum absolute atomic E-state index is 14.5. The van der Waals surface area contributed by atoms with Gasteiger partial charge in [0.25, 0.3) is 0 Å². The molecule has 5 aromatic rings. The van der Waals surface area contributed by atoms with Gasteiger partial charge in [-0.3, -0.25) is 0 Å². The molecule has 0 radical (unpaired) electrons. The lowest BCUT2D eigenvalue weighted by Crippen LogP contribution is -1.88. The summed E-state index contributed by atoms with van der Waals surface area (Å²) in [6, 6.07) is 29.4. The minimum Gasteiger partial charge on any atom is -0.248 e. The van der Waals surface area contributed by atoms with E-state index in [9.17, 15) is 4.48 Å². The van der Waals surface area contributed by atoms with Crippen molar-refractivity contribution in [3.8, 4) is 22.5 Å². The lowest BCUT2D eigenvalue weighted by atomic mass is 10.1. The summed E-state index contributed by atoms with van der Waals surface area (Å²) < 4.78 is 14.5. The van der Waals surface area contributed by atoms with Crippen LogP contribution in [0.5, 0.6) is 0 Å². The number of rotatable bonds is 2. The molecule has 0 aliphatic rings. The van der Waals surface area contributed by atoms with Gasteiger partial charge in [-0.2, -0.15) is 4.79 Å². The van der Waals surface area contributed by atoms with Crippen molar-refractivity contribution in [3.05, 3.63) is 91.0 Å². The molecule has 0 atom stereocenters. The van der Waals surface area contributed by atoms with Gasteiger partial charge in [0.1, 0.15) is 0 Å². The largest absolute Gasteiger partial charge is 0.248 e. The van der Waals surface area contributed by atoms with E-state index in [4.69, 9.17) is 4.98 Å². The van der Waals surface area contributed by atoms with Gasteiger partial charge in [-0.15, -0.1) is 0 Å². The highest BCUT2D eigenvalue weighted by Gasteiger charge is 2.12. The van der Waals surface area contributed by atoms with Crippen LogP contribution in [0.15, 0.2) is 91.0 Å². The van der Waals surface area contributed by atoms with Gasteiger partial charge in [-0.1, -0.05) is 65.1 Å². The molecule has 0 bridgehead atoms. The Morgan fingerprint density at radius 3 is 2.12 bits per heavy atom. The number of aromatic nitrogens is 2. The van der Waals surface area contributed by atoms with E-state index >= 15 is 0 Å². The third kappa shape index (κ3) is 2.29. The maximum atomic E-state index is 14.5. The van der Waals surface area contributed by atoms with Crippen molar-refractivity contribution in [2.45, 2.75) is 0 Å². The molecule has 0 amide bonds. The maximum Gasteiger partial charge on any atom is 0.0826 e. The van der Waals surface area contributed by atoms with Crippen LogP contribution in [0.4, 0.5) is 4.48 Å². The molecule has 0 fully saturated rings. The summed E-state index contributed by atoms with van der Waals surface area (Å²) in [5.41, 5.74) is 5.03. The van der Waals surface area contributed by atoms with Crippen LogP contribution in [-0.4, -0.2) is 9.77 Å². The number of benzene rings is 3. The SMILES string of the molecule is Fn1c2ccccc2c2cc(-c3cccc(-c4ccccc4)n3)ccc21. The lowest BCUT2D eigenvalue weighted by Gasteiger charge is -2.05. The molecule has 0 aliphatic heterocycles. The molecule has 0 spiro atoms. The van der Waals surface area contributed by atoms with E-state index in [0.717, 1.165) is 38.1 Å². The van der Waals surface area contributed by atoms with Crippen molar-refractivity contribution < 1.29 is 4.48 Å². The van der Waals surface area contributed by atoms with Crippen LogP contribution in [0.3, 0.4) is 0 Å². The monoisotopic (exact) mass is 338 g/mol. The van der Waals surface area contributed by atoms with Gasteiger partial charge < -0.3 is 0 Å². The zero-order chi connectivity index (χ0) is 17.5. The van der Waals surface area contributed by atoms with Gasteiger partial charge >= 0.3 is 0 Å². The summed E-state index contributed by atoms with van der Waals surface area (Å²) in [5, 5.41) is 1.80. The first kappa shape index (κ1) is 14.8. The summed E-state index contributed by atoms with van der Waals surface area (Å²) in [6.07, 6.45) is 0. The van der Waals surface area contributed by atoms with Crippen LogP contribution in [0.2, 0.25) is 0 Å². The summed E-state index contributed by atoms with van der Waals surface area (Å²) in [7, 11) is 0. The molecule has 0 aliphatic carbocycles. The molecule has 2 aromatic heterocycles. The Bertz CT molecular complexity index is 1240. The second-order valence-electron chi connectivity index (χ2n) is 6.30. The molecule has 2 nitrogen and oxygen atoms in total. The Morgan fingerprint density at radius 2 is 1.27 bits per heavy atom. The molecule has 0 N–H and O–H groups in total. The molecule has 5 rings (SSSR count). The van der Waals surface area contributed by atoms with E-state index in [1.165, 1.54) is 0 Å². The van der Waals surface area contributed by atoms with E-state index in [1.54, 1.807) is 6.07 Å². The van der Waals surface area contributed by atoms with E-state index < -0.39 is 0 Å². The highest BCUT2D eigenvalue weighted by atomic mass is 19.2. The van der Waals surface area contributed by atoms with Gasteiger partial charge in [0.2, 0.25) is 0 Å². The van der Waals surface area contributed by atoms with Crippen LogP contribution >= 0.6 is 0 Å². The smallest absolute Gasteiger partial charge is 0.0826 e. The summed E-state index contributed by atoms with van der Waals surface area (Å²) >= 11 is 0. The second-order valence-corrected chi connectivity index (χ2v) is 6.30. The summed E-state index contributed by atoms with van der Waals surface area (Å²) in [5.74, 6) is 0. The van der Waals surface area contributed by atoms with E-state index in [0.29, 0.717) is 11.0 Å². The molecule has 0 unspecified atom stereocenters. The van der Waals surface area contributed by atoms with Crippen molar-refractivity contribution >= 4 is 21.8 Å². The summed E-state index contributed by atoms with van der Waals surface area (Å²) in [6.45, 7) is 0. The molecule has 2 heterocycles. The third-order valence-electron chi connectivity index (χ3n) is 4.73. The van der Waals surface area contributed by atoms with Crippen molar-refractivity contribution in [2.75, 3.05) is 0 Å². The molecule has 3 aromatic carbocycles. The normalized spacial score (nSPS) is 11.3. The number of pyridine rings is 1. The molecule has 124 valence electrons. The first-order valence-electron chi connectivity index (χ1n) is 8.53. The summed E-state index contributed by atoms with van der Waals surface area (Å²) in [4.78, 5) is 5.56. The topological polar surface area (TPSA) is 17.8 Å². The van der Waals surface area contributed by atoms with E-state index in [-0.39, 0.29) is 0 Å². The number of nitrogens with zero attached hydrogens (tertiary/aromatic N) is 2. The highest BCUT2D eigenvalue weighted by Crippen LogP contribution is 2.32. The fourth-order valence-corrected chi connectivity index (χ4v) is 3.45. The Morgan fingerprint density at radius 1 is 0.577 bits per heavy atom. The fraction of sp³-hybridized carbons (Fsp3) is 0. The number of para-hydroxylation sites is 1. The quantitative estimate of drug-likeness (QED) is 0.372. The zero-order valence-corrected chi connectivity index (χ0v) is 13.9. The highest BCUT2D eigenvalue weighted by molar-refractivity contribution is 6.08. The van der Waals surface area contributed by atoms with Crippen molar-refractivity contribution in [1.29, 1.82) is 0 Å². The minimum atomic E-state index is 0.578. The van der Waals surface area contributed by atoms with Gasteiger partial charge in [-0.25, -0.2) is 4.98 Å². The number of hydrogen-bond acceptors (Lipinski definition) is 1. The van der Waals surface area contributed by atoms with Gasteiger partial charge in [0.05, 0.1) is 22.4 Å². The zero-order valence-electron chi connectivity index (χ0n) is 13.9. The fourth-order valence-electron chi connectivity index (χ4n) is 3.45.